The molecule has 0 radical (unpaired) electrons. The summed E-state index contributed by atoms with van der Waals surface area (Å²) in [5.41, 5.74) is 1.31. The Morgan fingerprint density at radius 2 is 1.71 bits per heavy atom. The van der Waals surface area contributed by atoms with Crippen molar-refractivity contribution in [2.75, 3.05) is 18.0 Å². The van der Waals surface area contributed by atoms with Crippen molar-refractivity contribution in [3.05, 3.63) is 29.6 Å². The second-order valence-electron chi connectivity index (χ2n) is 4.65. The first-order valence-corrected chi connectivity index (χ1v) is 6.46. The molecule has 0 saturated carbocycles. The number of rotatable bonds is 2. The average molecular weight is 237 g/mol. The summed E-state index contributed by atoms with van der Waals surface area (Å²) in [6.45, 7) is 1.71. The minimum Gasteiger partial charge on any atom is -0.391 e. The number of aliphatic hydroxyl groups is 1. The molecule has 94 valence electrons. The van der Waals surface area contributed by atoms with Gasteiger partial charge in [0.2, 0.25) is 0 Å². The van der Waals surface area contributed by atoms with Gasteiger partial charge in [-0.1, -0.05) is 25.3 Å². The number of anilines is 1. The van der Waals surface area contributed by atoms with Crippen LogP contribution < -0.4 is 4.90 Å². The molecule has 0 atom stereocenters. The average Bonchev–Trinajstić information content (AvgIpc) is 2.28. The highest BCUT2D eigenvalue weighted by Gasteiger charge is 2.14. The lowest BCUT2D eigenvalue weighted by atomic mass is 10.1. The molecule has 1 heterocycles. The third-order valence-corrected chi connectivity index (χ3v) is 3.45. The van der Waals surface area contributed by atoms with Gasteiger partial charge in [0.05, 0.1) is 6.61 Å². The molecule has 1 aliphatic rings. The lowest BCUT2D eigenvalue weighted by Crippen LogP contribution is -2.28. The van der Waals surface area contributed by atoms with E-state index in [1.54, 1.807) is 6.07 Å². The number of halogens is 1. The zero-order valence-electron chi connectivity index (χ0n) is 10.2. The van der Waals surface area contributed by atoms with Crippen molar-refractivity contribution in [2.45, 2.75) is 38.7 Å². The van der Waals surface area contributed by atoms with E-state index in [1.165, 1.54) is 25.3 Å². The first-order chi connectivity index (χ1) is 8.33. The van der Waals surface area contributed by atoms with Crippen LogP contribution in [-0.4, -0.2) is 18.2 Å². The Morgan fingerprint density at radius 3 is 2.35 bits per heavy atom. The maximum absolute atomic E-state index is 13.6. The Morgan fingerprint density at radius 1 is 1.06 bits per heavy atom. The van der Waals surface area contributed by atoms with Gasteiger partial charge < -0.3 is 10.0 Å². The normalized spacial score (nSPS) is 17.6. The smallest absolute Gasteiger partial charge is 0.130 e. The zero-order valence-corrected chi connectivity index (χ0v) is 10.2. The lowest BCUT2D eigenvalue weighted by Gasteiger charge is -2.28. The summed E-state index contributed by atoms with van der Waals surface area (Å²) in [7, 11) is 0. The predicted octanol–water partition coefficient (Wildman–Crippen LogP) is 3.09. The molecule has 0 unspecified atom stereocenters. The van der Waals surface area contributed by atoms with Crippen LogP contribution in [-0.2, 0) is 6.61 Å². The molecule has 0 spiro atoms. The molecular formula is C14H20FNO. The van der Waals surface area contributed by atoms with Crippen molar-refractivity contribution in [2.24, 2.45) is 0 Å². The summed E-state index contributed by atoms with van der Waals surface area (Å²) < 4.78 is 13.6. The van der Waals surface area contributed by atoms with Crippen LogP contribution in [0.15, 0.2) is 18.2 Å². The van der Waals surface area contributed by atoms with Gasteiger partial charge in [0, 0.05) is 24.3 Å². The maximum atomic E-state index is 13.6. The molecule has 1 aromatic carbocycles. The quantitative estimate of drug-likeness (QED) is 0.854. The van der Waals surface area contributed by atoms with Gasteiger partial charge in [-0.3, -0.25) is 0 Å². The fourth-order valence-corrected chi connectivity index (χ4v) is 2.49. The van der Waals surface area contributed by atoms with E-state index in [-0.39, 0.29) is 12.4 Å². The van der Waals surface area contributed by atoms with Crippen LogP contribution in [0.5, 0.6) is 0 Å². The molecule has 3 heteroatoms. The minimum atomic E-state index is -0.299. The number of hydrogen-bond donors (Lipinski definition) is 1. The van der Waals surface area contributed by atoms with E-state index >= 15 is 0 Å². The minimum absolute atomic E-state index is 0.224. The Hall–Kier alpha value is -1.09. The highest BCUT2D eigenvalue weighted by molar-refractivity contribution is 5.54. The summed E-state index contributed by atoms with van der Waals surface area (Å²) in [5.74, 6) is -0.299. The molecule has 1 fully saturated rings. The Bertz CT molecular complexity index is 359. The van der Waals surface area contributed by atoms with Crippen LogP contribution in [0.4, 0.5) is 10.1 Å². The van der Waals surface area contributed by atoms with Gasteiger partial charge in [0.15, 0.2) is 0 Å². The SMILES string of the molecule is OCc1c(F)cccc1N1CCCCCCC1. The van der Waals surface area contributed by atoms with Crippen LogP contribution in [0.3, 0.4) is 0 Å². The van der Waals surface area contributed by atoms with Crippen LogP contribution in [0.2, 0.25) is 0 Å². The molecule has 0 aromatic heterocycles. The van der Waals surface area contributed by atoms with Gasteiger partial charge >= 0.3 is 0 Å². The summed E-state index contributed by atoms with van der Waals surface area (Å²) in [6.07, 6.45) is 6.12. The van der Waals surface area contributed by atoms with Crippen molar-refractivity contribution in [1.29, 1.82) is 0 Å². The molecule has 1 saturated heterocycles. The third-order valence-electron chi connectivity index (χ3n) is 3.45. The zero-order chi connectivity index (χ0) is 12.1. The molecule has 0 amide bonds. The molecule has 0 bridgehead atoms. The fraction of sp³-hybridized carbons (Fsp3) is 0.571. The largest absolute Gasteiger partial charge is 0.391 e. The van der Waals surface area contributed by atoms with Crippen LogP contribution in [0.1, 0.15) is 37.7 Å². The molecule has 1 aliphatic heterocycles. The molecule has 1 aromatic rings. The number of nitrogens with zero attached hydrogens (tertiary/aromatic N) is 1. The second kappa shape index (κ2) is 6.01. The van der Waals surface area contributed by atoms with Crippen molar-refractivity contribution < 1.29 is 9.50 Å². The summed E-state index contributed by atoms with van der Waals surface area (Å²) in [6, 6.07) is 5.05. The standard InChI is InChI=1S/C14H20FNO/c15-13-7-6-8-14(12(13)11-17)16-9-4-2-1-3-5-10-16/h6-8,17H,1-5,9-11H2. The van der Waals surface area contributed by atoms with E-state index in [1.807, 2.05) is 6.07 Å². The van der Waals surface area contributed by atoms with E-state index in [2.05, 4.69) is 4.90 Å². The van der Waals surface area contributed by atoms with E-state index in [0.29, 0.717) is 5.56 Å². The van der Waals surface area contributed by atoms with Gasteiger partial charge in [-0.05, 0) is 25.0 Å². The highest BCUT2D eigenvalue weighted by atomic mass is 19.1. The Kier molecular flexibility index (Phi) is 4.37. The van der Waals surface area contributed by atoms with Gasteiger partial charge in [-0.25, -0.2) is 4.39 Å². The molecule has 2 rings (SSSR count). The molecule has 2 nitrogen and oxygen atoms in total. The van der Waals surface area contributed by atoms with E-state index in [4.69, 9.17) is 0 Å². The van der Waals surface area contributed by atoms with Crippen LogP contribution >= 0.6 is 0 Å². The van der Waals surface area contributed by atoms with Gasteiger partial charge in [0.25, 0.3) is 0 Å². The number of aliphatic hydroxyl groups excluding tert-OH is 1. The highest BCUT2D eigenvalue weighted by Crippen LogP contribution is 2.25. The molecular weight excluding hydrogens is 217 g/mol. The topological polar surface area (TPSA) is 23.5 Å². The number of hydrogen-bond acceptors (Lipinski definition) is 2. The lowest BCUT2D eigenvalue weighted by molar-refractivity contribution is 0.276. The van der Waals surface area contributed by atoms with Gasteiger partial charge in [-0.2, -0.15) is 0 Å². The molecule has 17 heavy (non-hydrogen) atoms. The Balaban J connectivity index is 2.21. The van der Waals surface area contributed by atoms with E-state index < -0.39 is 0 Å². The van der Waals surface area contributed by atoms with E-state index in [9.17, 15) is 9.50 Å². The summed E-state index contributed by atoms with van der Waals surface area (Å²) in [5, 5.41) is 9.29. The summed E-state index contributed by atoms with van der Waals surface area (Å²) >= 11 is 0. The monoisotopic (exact) mass is 237 g/mol. The van der Waals surface area contributed by atoms with Gasteiger partial charge in [0.1, 0.15) is 5.82 Å². The van der Waals surface area contributed by atoms with Crippen molar-refractivity contribution in [3.8, 4) is 0 Å². The fourth-order valence-electron chi connectivity index (χ4n) is 2.49. The van der Waals surface area contributed by atoms with Crippen molar-refractivity contribution in [3.63, 3.8) is 0 Å². The molecule has 0 aliphatic carbocycles. The predicted molar refractivity (Wildman–Crippen MR) is 67.6 cm³/mol. The van der Waals surface area contributed by atoms with Crippen LogP contribution in [0, 0.1) is 5.82 Å². The van der Waals surface area contributed by atoms with Crippen molar-refractivity contribution in [1.82, 2.24) is 0 Å². The summed E-state index contributed by atoms with van der Waals surface area (Å²) in [4.78, 5) is 2.22. The second-order valence-corrected chi connectivity index (χ2v) is 4.65. The Labute approximate surface area is 102 Å². The first kappa shape index (κ1) is 12.4. The van der Waals surface area contributed by atoms with Gasteiger partial charge in [-0.15, -0.1) is 0 Å². The van der Waals surface area contributed by atoms with E-state index in [0.717, 1.165) is 31.6 Å². The maximum Gasteiger partial charge on any atom is 0.130 e. The number of benzene rings is 1. The first-order valence-electron chi connectivity index (χ1n) is 6.46. The third kappa shape index (κ3) is 2.97. The van der Waals surface area contributed by atoms with Crippen LogP contribution in [0.25, 0.3) is 0 Å². The molecule has 1 N–H and O–H groups in total. The van der Waals surface area contributed by atoms with Crippen molar-refractivity contribution >= 4 is 5.69 Å².